The minimum absolute atomic E-state index is 0.144. The number of nitrogens with one attached hydrogen (secondary N) is 2. The van der Waals surface area contributed by atoms with E-state index in [9.17, 15) is 9.59 Å². The smallest absolute Gasteiger partial charge is 0.243 e. The van der Waals surface area contributed by atoms with Crippen molar-refractivity contribution < 1.29 is 14.8 Å². The van der Waals surface area contributed by atoms with Crippen molar-refractivity contribution in [2.75, 3.05) is 6.54 Å². The highest BCUT2D eigenvalue weighted by molar-refractivity contribution is 5.78. The van der Waals surface area contributed by atoms with Gasteiger partial charge in [0.1, 0.15) is 0 Å². The van der Waals surface area contributed by atoms with Crippen molar-refractivity contribution in [2.24, 2.45) is 5.92 Å². The monoisotopic (exact) mass is 332 g/mol. The molecule has 0 bridgehead atoms. The molecule has 5 nitrogen and oxygen atoms in total. The molecular weight excluding hydrogens is 304 g/mol. The van der Waals surface area contributed by atoms with E-state index in [4.69, 9.17) is 5.21 Å². The van der Waals surface area contributed by atoms with E-state index in [1.807, 2.05) is 6.07 Å². The average molecular weight is 332 g/mol. The Morgan fingerprint density at radius 3 is 2.38 bits per heavy atom. The zero-order valence-corrected chi connectivity index (χ0v) is 14.2. The van der Waals surface area contributed by atoms with Crippen LogP contribution < -0.4 is 10.8 Å². The summed E-state index contributed by atoms with van der Waals surface area (Å²) in [7, 11) is 0. The SMILES string of the molecule is O=C(CCCCCNC(=O)C1CCC(c2ccccc2)CC1)NO. The van der Waals surface area contributed by atoms with Crippen LogP contribution in [0.25, 0.3) is 0 Å². The van der Waals surface area contributed by atoms with E-state index >= 15 is 0 Å². The van der Waals surface area contributed by atoms with Gasteiger partial charge in [-0.1, -0.05) is 36.8 Å². The fourth-order valence-electron chi connectivity index (χ4n) is 3.41. The number of hydroxylamine groups is 1. The first kappa shape index (κ1) is 18.5. The summed E-state index contributed by atoms with van der Waals surface area (Å²) in [6.07, 6.45) is 6.87. The van der Waals surface area contributed by atoms with Crippen LogP contribution in [-0.2, 0) is 9.59 Å². The van der Waals surface area contributed by atoms with E-state index < -0.39 is 0 Å². The zero-order chi connectivity index (χ0) is 17.2. The number of carbonyl (C=O) groups is 2. The van der Waals surface area contributed by atoms with Crippen molar-refractivity contribution >= 4 is 11.8 Å². The van der Waals surface area contributed by atoms with E-state index in [0.29, 0.717) is 18.9 Å². The molecule has 0 aromatic heterocycles. The first-order valence-electron chi connectivity index (χ1n) is 8.96. The van der Waals surface area contributed by atoms with Crippen molar-refractivity contribution in [3.05, 3.63) is 35.9 Å². The maximum absolute atomic E-state index is 12.2. The molecule has 0 aliphatic heterocycles. The minimum atomic E-state index is -0.353. The van der Waals surface area contributed by atoms with Crippen molar-refractivity contribution in [3.8, 4) is 0 Å². The van der Waals surface area contributed by atoms with Gasteiger partial charge < -0.3 is 5.32 Å². The molecule has 1 saturated carbocycles. The quantitative estimate of drug-likeness (QED) is 0.389. The van der Waals surface area contributed by atoms with Crippen LogP contribution in [0.15, 0.2) is 30.3 Å². The van der Waals surface area contributed by atoms with Gasteiger partial charge >= 0.3 is 0 Å². The molecule has 1 aliphatic rings. The van der Waals surface area contributed by atoms with Crippen LogP contribution in [0.3, 0.4) is 0 Å². The maximum Gasteiger partial charge on any atom is 0.243 e. The molecule has 0 unspecified atom stereocenters. The third-order valence-electron chi connectivity index (χ3n) is 4.87. The molecule has 0 radical (unpaired) electrons. The van der Waals surface area contributed by atoms with E-state index in [2.05, 4.69) is 29.6 Å². The summed E-state index contributed by atoms with van der Waals surface area (Å²) in [4.78, 5) is 23.1. The topological polar surface area (TPSA) is 78.4 Å². The highest BCUT2D eigenvalue weighted by Crippen LogP contribution is 2.35. The molecule has 0 saturated heterocycles. The number of benzene rings is 1. The second-order valence-corrected chi connectivity index (χ2v) is 6.60. The van der Waals surface area contributed by atoms with Crippen LogP contribution in [0.5, 0.6) is 0 Å². The second-order valence-electron chi connectivity index (χ2n) is 6.60. The van der Waals surface area contributed by atoms with Crippen LogP contribution in [0, 0.1) is 5.92 Å². The van der Waals surface area contributed by atoms with Crippen LogP contribution in [-0.4, -0.2) is 23.6 Å². The Hall–Kier alpha value is -1.88. The first-order valence-corrected chi connectivity index (χ1v) is 8.96. The second kappa shape index (κ2) is 10.1. The Labute approximate surface area is 143 Å². The number of rotatable bonds is 8. The van der Waals surface area contributed by atoms with Crippen molar-refractivity contribution in [2.45, 2.75) is 57.3 Å². The molecule has 1 aromatic rings. The number of hydrogen-bond donors (Lipinski definition) is 3. The number of hydrogen-bond acceptors (Lipinski definition) is 3. The molecule has 2 rings (SSSR count). The zero-order valence-electron chi connectivity index (χ0n) is 14.2. The average Bonchev–Trinajstić information content (AvgIpc) is 2.65. The normalized spacial score (nSPS) is 20.4. The molecule has 0 atom stereocenters. The fraction of sp³-hybridized carbons (Fsp3) is 0.579. The van der Waals surface area contributed by atoms with Crippen LogP contribution in [0.2, 0.25) is 0 Å². The fourth-order valence-corrected chi connectivity index (χ4v) is 3.41. The van der Waals surface area contributed by atoms with Gasteiger partial charge in [-0.05, 0) is 50.0 Å². The lowest BCUT2D eigenvalue weighted by Crippen LogP contribution is -2.33. The number of carbonyl (C=O) groups excluding carboxylic acids is 2. The van der Waals surface area contributed by atoms with Gasteiger partial charge in [0.15, 0.2) is 0 Å². The predicted octanol–water partition coefficient (Wildman–Crippen LogP) is 3.14. The number of unbranched alkanes of at least 4 members (excludes halogenated alkanes) is 2. The van der Waals surface area contributed by atoms with Gasteiger partial charge in [0.25, 0.3) is 0 Å². The highest BCUT2D eigenvalue weighted by atomic mass is 16.5. The lowest BCUT2D eigenvalue weighted by atomic mass is 9.78. The Kier molecular flexibility index (Phi) is 7.75. The van der Waals surface area contributed by atoms with Gasteiger partial charge in [-0.25, -0.2) is 5.48 Å². The van der Waals surface area contributed by atoms with Crippen LogP contribution >= 0.6 is 0 Å². The molecule has 5 heteroatoms. The van der Waals surface area contributed by atoms with Gasteiger partial charge in [-0.2, -0.15) is 0 Å². The van der Waals surface area contributed by atoms with E-state index in [1.54, 1.807) is 5.48 Å². The summed E-state index contributed by atoms with van der Waals surface area (Å²) in [5, 5.41) is 11.4. The van der Waals surface area contributed by atoms with Crippen molar-refractivity contribution in [3.63, 3.8) is 0 Å². The van der Waals surface area contributed by atoms with Gasteiger partial charge in [0, 0.05) is 18.9 Å². The van der Waals surface area contributed by atoms with E-state index in [1.165, 1.54) is 5.56 Å². The number of amides is 2. The third kappa shape index (κ3) is 5.96. The minimum Gasteiger partial charge on any atom is -0.356 e. The van der Waals surface area contributed by atoms with Gasteiger partial charge in [-0.3, -0.25) is 14.8 Å². The lowest BCUT2D eigenvalue weighted by Gasteiger charge is -2.28. The third-order valence-corrected chi connectivity index (χ3v) is 4.87. The van der Waals surface area contributed by atoms with E-state index in [-0.39, 0.29) is 17.7 Å². The van der Waals surface area contributed by atoms with Crippen LogP contribution in [0.4, 0.5) is 0 Å². The Bertz CT molecular complexity index is 511. The Balaban J connectivity index is 1.58. The Morgan fingerprint density at radius 2 is 1.71 bits per heavy atom. The summed E-state index contributed by atoms with van der Waals surface area (Å²) in [5.74, 6) is 0.557. The van der Waals surface area contributed by atoms with Crippen molar-refractivity contribution in [1.82, 2.24) is 10.8 Å². The maximum atomic E-state index is 12.2. The molecule has 24 heavy (non-hydrogen) atoms. The molecule has 2 amide bonds. The molecule has 132 valence electrons. The Morgan fingerprint density at radius 1 is 1.00 bits per heavy atom. The molecular formula is C19H28N2O3. The predicted molar refractivity (Wildman–Crippen MR) is 92.5 cm³/mol. The summed E-state index contributed by atoms with van der Waals surface area (Å²) in [6.45, 7) is 0.665. The molecule has 0 spiro atoms. The molecule has 1 aliphatic carbocycles. The molecule has 1 aromatic carbocycles. The summed E-state index contributed by atoms with van der Waals surface area (Å²) in [5.41, 5.74) is 3.02. The molecule has 3 N–H and O–H groups in total. The highest BCUT2D eigenvalue weighted by Gasteiger charge is 2.26. The molecule has 0 heterocycles. The van der Waals surface area contributed by atoms with E-state index in [0.717, 1.165) is 44.9 Å². The van der Waals surface area contributed by atoms with Gasteiger partial charge in [0.05, 0.1) is 0 Å². The van der Waals surface area contributed by atoms with Gasteiger partial charge in [-0.15, -0.1) is 0 Å². The first-order chi connectivity index (χ1) is 11.7. The lowest BCUT2D eigenvalue weighted by molar-refractivity contribution is -0.129. The summed E-state index contributed by atoms with van der Waals surface area (Å²) >= 11 is 0. The van der Waals surface area contributed by atoms with Gasteiger partial charge in [0.2, 0.25) is 11.8 Å². The summed E-state index contributed by atoms with van der Waals surface area (Å²) < 4.78 is 0. The standard InChI is InChI=1S/C19H28N2O3/c22-18(21-24)9-5-2-6-14-20-19(23)17-12-10-16(11-13-17)15-7-3-1-4-8-15/h1,3-4,7-8,16-17,24H,2,5-6,9-14H2,(H,20,23)(H,21,22). The largest absolute Gasteiger partial charge is 0.356 e. The van der Waals surface area contributed by atoms with Crippen molar-refractivity contribution in [1.29, 1.82) is 0 Å². The van der Waals surface area contributed by atoms with Crippen LogP contribution in [0.1, 0.15) is 62.8 Å². The molecule has 1 fully saturated rings. The summed E-state index contributed by atoms with van der Waals surface area (Å²) in [6, 6.07) is 10.6.